The summed E-state index contributed by atoms with van der Waals surface area (Å²) in [5.74, 6) is -1.24. The maximum Gasteiger partial charge on any atom is 0.321 e. The quantitative estimate of drug-likeness (QED) is 0.707. The number of carboxylic acid groups (broad SMARTS) is 1. The van der Waals surface area contributed by atoms with Gasteiger partial charge >= 0.3 is 5.97 Å². The number of carbonyl (C=O) groups is 1. The molecule has 0 aromatic carbocycles. The lowest BCUT2D eigenvalue weighted by Crippen LogP contribution is -2.38. The zero-order chi connectivity index (χ0) is 11.6. The molecule has 0 aliphatic rings. The van der Waals surface area contributed by atoms with Crippen molar-refractivity contribution in [3.05, 3.63) is 12.3 Å². The number of nitrogens with zero attached hydrogens (tertiary/aromatic N) is 2. The van der Waals surface area contributed by atoms with Gasteiger partial charge < -0.3 is 5.11 Å². The summed E-state index contributed by atoms with van der Waals surface area (Å²) in [6.07, 6.45) is 1.32. The van der Waals surface area contributed by atoms with E-state index in [0.29, 0.717) is 0 Å². The Labute approximate surface area is 86.8 Å². The summed E-state index contributed by atoms with van der Waals surface area (Å²) in [6.45, 7) is 1.25. The van der Waals surface area contributed by atoms with Crippen LogP contribution in [0.1, 0.15) is 6.92 Å². The fourth-order valence-electron chi connectivity index (χ4n) is 0.969. The Kier molecular flexibility index (Phi) is 3.10. The summed E-state index contributed by atoms with van der Waals surface area (Å²) in [5, 5.41) is 12.2. The first kappa shape index (κ1) is 11.7. The van der Waals surface area contributed by atoms with Gasteiger partial charge in [-0.25, -0.2) is 8.42 Å². The van der Waals surface area contributed by atoms with Crippen molar-refractivity contribution >= 4 is 16.0 Å². The van der Waals surface area contributed by atoms with Gasteiger partial charge in [0.1, 0.15) is 6.04 Å². The van der Waals surface area contributed by atoms with E-state index < -0.39 is 22.0 Å². The molecule has 1 heterocycles. The number of rotatable bonds is 4. The molecule has 2 N–H and O–H groups in total. The van der Waals surface area contributed by atoms with Gasteiger partial charge in [0.2, 0.25) is 0 Å². The number of aromatic nitrogens is 2. The molecule has 8 heteroatoms. The first-order valence-electron chi connectivity index (χ1n) is 4.08. The molecule has 7 nitrogen and oxygen atoms in total. The predicted molar refractivity (Wildman–Crippen MR) is 50.6 cm³/mol. The van der Waals surface area contributed by atoms with Crippen LogP contribution in [0.15, 0.2) is 17.3 Å². The van der Waals surface area contributed by atoms with E-state index in [9.17, 15) is 13.2 Å². The van der Waals surface area contributed by atoms with Crippen LogP contribution in [0.3, 0.4) is 0 Å². The topological polar surface area (TPSA) is 101 Å². The van der Waals surface area contributed by atoms with Gasteiger partial charge in [0.15, 0.2) is 5.03 Å². The Morgan fingerprint density at radius 2 is 2.27 bits per heavy atom. The number of sulfonamides is 1. The van der Waals surface area contributed by atoms with Gasteiger partial charge in [0.05, 0.1) is 6.20 Å². The Balaban J connectivity index is 2.96. The van der Waals surface area contributed by atoms with Gasteiger partial charge in [0, 0.05) is 7.05 Å². The Morgan fingerprint density at radius 1 is 1.67 bits per heavy atom. The molecule has 0 spiro atoms. The minimum absolute atomic E-state index is 0.0735. The van der Waals surface area contributed by atoms with Crippen molar-refractivity contribution in [2.75, 3.05) is 0 Å². The van der Waals surface area contributed by atoms with Crippen molar-refractivity contribution in [3.8, 4) is 0 Å². The van der Waals surface area contributed by atoms with Gasteiger partial charge in [-0.3, -0.25) is 9.48 Å². The monoisotopic (exact) mass is 233 g/mol. The number of aliphatic carboxylic acids is 1. The van der Waals surface area contributed by atoms with E-state index in [1.807, 2.05) is 4.72 Å². The second-order valence-corrected chi connectivity index (χ2v) is 4.64. The summed E-state index contributed by atoms with van der Waals surface area (Å²) in [5.41, 5.74) is 0. The summed E-state index contributed by atoms with van der Waals surface area (Å²) in [7, 11) is -2.36. The average molecular weight is 233 g/mol. The molecule has 84 valence electrons. The second kappa shape index (κ2) is 3.99. The Morgan fingerprint density at radius 3 is 2.67 bits per heavy atom. The van der Waals surface area contributed by atoms with Crippen LogP contribution >= 0.6 is 0 Å². The van der Waals surface area contributed by atoms with E-state index in [4.69, 9.17) is 5.11 Å². The van der Waals surface area contributed by atoms with Crippen molar-refractivity contribution < 1.29 is 18.3 Å². The maximum atomic E-state index is 11.6. The molecule has 0 aliphatic carbocycles. The van der Waals surface area contributed by atoms with Crippen LogP contribution in [0.25, 0.3) is 0 Å². The van der Waals surface area contributed by atoms with E-state index in [1.54, 1.807) is 0 Å². The summed E-state index contributed by atoms with van der Waals surface area (Å²) < 4.78 is 26.3. The summed E-state index contributed by atoms with van der Waals surface area (Å²) >= 11 is 0. The van der Waals surface area contributed by atoms with Crippen molar-refractivity contribution in [2.24, 2.45) is 7.05 Å². The van der Waals surface area contributed by atoms with Gasteiger partial charge in [-0.05, 0) is 13.0 Å². The summed E-state index contributed by atoms with van der Waals surface area (Å²) in [4.78, 5) is 10.5. The van der Waals surface area contributed by atoms with Gasteiger partial charge in [-0.2, -0.15) is 9.82 Å². The van der Waals surface area contributed by atoms with Gasteiger partial charge in [-0.15, -0.1) is 0 Å². The van der Waals surface area contributed by atoms with Crippen LogP contribution in [0.2, 0.25) is 0 Å². The first-order chi connectivity index (χ1) is 6.84. The number of aryl methyl sites for hydroxylation is 1. The SMILES string of the molecule is C[C@@H](NS(=O)(=O)c1ccnn1C)C(=O)O. The molecule has 0 saturated carbocycles. The van der Waals surface area contributed by atoms with E-state index in [-0.39, 0.29) is 5.03 Å². The van der Waals surface area contributed by atoms with Crippen LogP contribution in [0.4, 0.5) is 0 Å². The van der Waals surface area contributed by atoms with Crippen LogP contribution in [-0.4, -0.2) is 35.3 Å². The molecule has 0 amide bonds. The highest BCUT2D eigenvalue weighted by atomic mass is 32.2. The lowest BCUT2D eigenvalue weighted by molar-refractivity contribution is -0.138. The van der Waals surface area contributed by atoms with Crippen molar-refractivity contribution in [3.63, 3.8) is 0 Å². The second-order valence-electron chi connectivity index (χ2n) is 2.97. The van der Waals surface area contributed by atoms with Crippen molar-refractivity contribution in [1.82, 2.24) is 14.5 Å². The zero-order valence-corrected chi connectivity index (χ0v) is 9.02. The van der Waals surface area contributed by atoms with Gasteiger partial charge in [0.25, 0.3) is 10.0 Å². The highest BCUT2D eigenvalue weighted by Gasteiger charge is 2.23. The predicted octanol–water partition coefficient (Wildman–Crippen LogP) is -0.828. The molecular formula is C7H11N3O4S. The van der Waals surface area contributed by atoms with Crippen LogP contribution in [0.5, 0.6) is 0 Å². The lowest BCUT2D eigenvalue weighted by atomic mass is 10.4. The Bertz CT molecular complexity index is 464. The lowest BCUT2D eigenvalue weighted by Gasteiger charge is -2.09. The molecule has 0 saturated heterocycles. The molecule has 1 atom stereocenters. The highest BCUT2D eigenvalue weighted by Crippen LogP contribution is 2.06. The van der Waals surface area contributed by atoms with Crippen LogP contribution < -0.4 is 4.72 Å². The zero-order valence-electron chi connectivity index (χ0n) is 8.21. The number of hydrogen-bond donors (Lipinski definition) is 2. The van der Waals surface area contributed by atoms with E-state index in [0.717, 1.165) is 4.68 Å². The molecule has 0 radical (unpaired) electrons. The van der Waals surface area contributed by atoms with Crippen molar-refractivity contribution in [1.29, 1.82) is 0 Å². The molecule has 1 rings (SSSR count). The molecule has 0 fully saturated rings. The summed E-state index contributed by atoms with van der Waals surface area (Å²) in [6, 6.07) is 0.113. The van der Waals surface area contributed by atoms with Gasteiger partial charge in [-0.1, -0.05) is 0 Å². The molecule has 0 bridgehead atoms. The largest absolute Gasteiger partial charge is 0.480 e. The van der Waals surface area contributed by atoms with E-state index in [1.165, 1.54) is 26.2 Å². The number of carboxylic acids is 1. The third kappa shape index (κ3) is 2.54. The fraction of sp³-hybridized carbons (Fsp3) is 0.429. The average Bonchev–Trinajstić information content (AvgIpc) is 2.50. The standard InChI is InChI=1S/C7H11N3O4S/c1-5(7(11)12)9-15(13,14)6-3-4-8-10(6)2/h3-5,9H,1-2H3,(H,11,12)/t5-/m1/s1. The number of nitrogens with one attached hydrogen (secondary N) is 1. The molecule has 0 aliphatic heterocycles. The van der Waals surface area contributed by atoms with Crippen LogP contribution in [0, 0.1) is 0 Å². The fourth-order valence-corrected chi connectivity index (χ4v) is 2.29. The minimum Gasteiger partial charge on any atom is -0.480 e. The molecule has 1 aromatic rings. The van der Waals surface area contributed by atoms with E-state index in [2.05, 4.69) is 5.10 Å². The highest BCUT2D eigenvalue weighted by molar-refractivity contribution is 7.89. The molecule has 1 aromatic heterocycles. The maximum absolute atomic E-state index is 11.6. The third-order valence-corrected chi connectivity index (χ3v) is 3.37. The van der Waals surface area contributed by atoms with E-state index >= 15 is 0 Å². The first-order valence-corrected chi connectivity index (χ1v) is 5.56. The van der Waals surface area contributed by atoms with Crippen LogP contribution in [-0.2, 0) is 21.9 Å². The van der Waals surface area contributed by atoms with Crippen molar-refractivity contribution in [2.45, 2.75) is 18.0 Å². The Hall–Kier alpha value is -1.41. The molecule has 0 unspecified atom stereocenters. The molecular weight excluding hydrogens is 222 g/mol. The minimum atomic E-state index is -3.82. The molecule has 15 heavy (non-hydrogen) atoms. The number of hydrogen-bond acceptors (Lipinski definition) is 4. The third-order valence-electron chi connectivity index (χ3n) is 1.75. The normalized spacial score (nSPS) is 13.7. The smallest absolute Gasteiger partial charge is 0.321 e.